The lowest BCUT2D eigenvalue weighted by Crippen LogP contribution is -2.49. The van der Waals surface area contributed by atoms with Gasteiger partial charge in [-0.2, -0.15) is 0 Å². The molecule has 5 rings (SSSR count). The van der Waals surface area contributed by atoms with Crippen molar-refractivity contribution in [3.8, 4) is 5.75 Å². The van der Waals surface area contributed by atoms with E-state index in [2.05, 4.69) is 26.6 Å². The average Bonchev–Trinajstić information content (AvgIpc) is 3.40. The molecule has 0 spiro atoms. The first-order valence-electron chi connectivity index (χ1n) is 9.96. The third-order valence-electron chi connectivity index (χ3n) is 5.97. The second-order valence-corrected chi connectivity index (χ2v) is 7.73. The summed E-state index contributed by atoms with van der Waals surface area (Å²) in [7, 11) is 1.68. The van der Waals surface area contributed by atoms with E-state index in [0.29, 0.717) is 6.54 Å². The van der Waals surface area contributed by atoms with Crippen LogP contribution in [0.1, 0.15) is 27.8 Å². The van der Waals surface area contributed by atoms with E-state index in [1.807, 2.05) is 53.6 Å². The third kappa shape index (κ3) is 3.29. The normalized spacial score (nSPS) is 21.1. The van der Waals surface area contributed by atoms with Gasteiger partial charge in [0, 0.05) is 32.0 Å². The number of aromatic nitrogens is 2. The largest absolute Gasteiger partial charge is 0.497 e. The van der Waals surface area contributed by atoms with Crippen LogP contribution >= 0.6 is 0 Å². The molecule has 1 aromatic carbocycles. The summed E-state index contributed by atoms with van der Waals surface area (Å²) < 4.78 is 7.42. The number of methoxy groups -OCH3 is 1. The molecule has 148 valence electrons. The monoisotopic (exact) mass is 388 g/mol. The van der Waals surface area contributed by atoms with E-state index in [0.717, 1.165) is 36.8 Å². The molecule has 1 saturated heterocycles. The first-order chi connectivity index (χ1) is 14.2. The van der Waals surface area contributed by atoms with Crippen molar-refractivity contribution >= 4 is 5.91 Å². The number of likely N-dealkylation sites (tertiary alicyclic amines) is 1. The van der Waals surface area contributed by atoms with Gasteiger partial charge in [0.05, 0.1) is 31.4 Å². The molecule has 1 amide bonds. The van der Waals surface area contributed by atoms with Crippen molar-refractivity contribution in [3.63, 3.8) is 0 Å². The topological polar surface area (TPSA) is 50.6 Å². The van der Waals surface area contributed by atoms with E-state index in [1.54, 1.807) is 13.3 Å². The Morgan fingerprint density at radius 3 is 2.59 bits per heavy atom. The maximum Gasteiger partial charge on any atom is 0.271 e. The second-order valence-electron chi connectivity index (χ2n) is 7.73. The van der Waals surface area contributed by atoms with Crippen molar-refractivity contribution in [2.75, 3.05) is 20.2 Å². The Hall–Kier alpha value is -3.12. The molecular weight excluding hydrogens is 364 g/mol. The van der Waals surface area contributed by atoms with Gasteiger partial charge in [0.15, 0.2) is 0 Å². The minimum Gasteiger partial charge on any atom is -0.497 e. The van der Waals surface area contributed by atoms with Gasteiger partial charge in [-0.3, -0.25) is 14.7 Å². The lowest BCUT2D eigenvalue weighted by atomic mass is 10.1. The highest BCUT2D eigenvalue weighted by Crippen LogP contribution is 2.35. The first-order valence-corrected chi connectivity index (χ1v) is 9.96. The summed E-state index contributed by atoms with van der Waals surface area (Å²) in [5.41, 5.74) is 2.95. The fraction of sp³-hybridized carbons (Fsp3) is 0.304. The van der Waals surface area contributed by atoms with Crippen LogP contribution in [0.25, 0.3) is 0 Å². The fourth-order valence-corrected chi connectivity index (χ4v) is 4.56. The molecule has 3 aromatic rings. The standard InChI is InChI=1S/C23H24N4O2/c1-29-19-9-7-17(8-10-19)13-25-15-21-22(16-25)27(14-18-5-2-3-11-24-18)23(28)20-6-4-12-26(20)21/h2-12,21-22H,13-16H2,1H3/t21-,22+/m0/s1. The molecular formula is C23H24N4O2. The average molecular weight is 388 g/mol. The quantitative estimate of drug-likeness (QED) is 0.674. The summed E-state index contributed by atoms with van der Waals surface area (Å²) >= 11 is 0. The van der Waals surface area contributed by atoms with E-state index in [-0.39, 0.29) is 18.0 Å². The highest BCUT2D eigenvalue weighted by molar-refractivity contribution is 5.94. The Labute approximate surface area is 170 Å². The van der Waals surface area contributed by atoms with Gasteiger partial charge in [0.25, 0.3) is 5.91 Å². The van der Waals surface area contributed by atoms with Crippen molar-refractivity contribution in [2.45, 2.75) is 25.2 Å². The number of carbonyl (C=O) groups excluding carboxylic acids is 1. The minimum absolute atomic E-state index is 0.0909. The summed E-state index contributed by atoms with van der Waals surface area (Å²) in [6, 6.07) is 18.4. The SMILES string of the molecule is COc1ccc(CN2C[C@@H]3[C@H](C2)n2cccc2C(=O)N3Cc2ccccn2)cc1. The minimum atomic E-state index is 0.0909. The second kappa shape index (κ2) is 7.37. The summed E-state index contributed by atoms with van der Waals surface area (Å²) in [6.07, 6.45) is 3.83. The molecule has 6 heteroatoms. The van der Waals surface area contributed by atoms with Gasteiger partial charge in [-0.1, -0.05) is 18.2 Å². The van der Waals surface area contributed by atoms with E-state index >= 15 is 0 Å². The van der Waals surface area contributed by atoms with Crippen LogP contribution in [0.4, 0.5) is 0 Å². The van der Waals surface area contributed by atoms with Crippen LogP contribution in [-0.4, -0.2) is 51.5 Å². The summed E-state index contributed by atoms with van der Waals surface area (Å²) in [5.74, 6) is 0.959. The Balaban J connectivity index is 1.40. The highest BCUT2D eigenvalue weighted by atomic mass is 16.5. The maximum absolute atomic E-state index is 13.2. The first kappa shape index (κ1) is 17.9. The molecule has 1 fully saturated rings. The summed E-state index contributed by atoms with van der Waals surface area (Å²) in [4.78, 5) is 22.1. The van der Waals surface area contributed by atoms with Crippen molar-refractivity contribution in [1.82, 2.24) is 19.4 Å². The van der Waals surface area contributed by atoms with Gasteiger partial charge >= 0.3 is 0 Å². The van der Waals surface area contributed by atoms with Crippen molar-refractivity contribution in [2.24, 2.45) is 0 Å². The highest BCUT2D eigenvalue weighted by Gasteiger charge is 2.44. The van der Waals surface area contributed by atoms with Crippen molar-refractivity contribution in [3.05, 3.63) is 83.9 Å². The maximum atomic E-state index is 13.2. The van der Waals surface area contributed by atoms with Crippen LogP contribution in [0.15, 0.2) is 67.0 Å². The Bertz CT molecular complexity index is 999. The molecule has 6 nitrogen and oxygen atoms in total. The van der Waals surface area contributed by atoms with Gasteiger partial charge in [-0.05, 0) is 42.0 Å². The zero-order valence-electron chi connectivity index (χ0n) is 16.4. The molecule has 0 bridgehead atoms. The molecule has 2 atom stereocenters. The zero-order valence-corrected chi connectivity index (χ0v) is 16.4. The van der Waals surface area contributed by atoms with Crippen molar-refractivity contribution < 1.29 is 9.53 Å². The van der Waals surface area contributed by atoms with Crippen LogP contribution in [0, 0.1) is 0 Å². The molecule has 0 N–H and O–H groups in total. The fourth-order valence-electron chi connectivity index (χ4n) is 4.56. The number of fused-ring (bicyclic) bond motifs is 3. The Morgan fingerprint density at radius 1 is 1.00 bits per heavy atom. The predicted molar refractivity (Wildman–Crippen MR) is 110 cm³/mol. The van der Waals surface area contributed by atoms with Gasteiger partial charge in [-0.15, -0.1) is 0 Å². The molecule has 0 unspecified atom stereocenters. The number of carbonyl (C=O) groups is 1. The number of hydrogen-bond acceptors (Lipinski definition) is 4. The van der Waals surface area contributed by atoms with Crippen LogP contribution in [0.2, 0.25) is 0 Å². The van der Waals surface area contributed by atoms with Crippen LogP contribution in [0.3, 0.4) is 0 Å². The number of rotatable bonds is 5. The number of nitrogens with zero attached hydrogens (tertiary/aromatic N) is 4. The number of pyridine rings is 1. The smallest absolute Gasteiger partial charge is 0.271 e. The van der Waals surface area contributed by atoms with Gasteiger partial charge in [0.1, 0.15) is 11.4 Å². The third-order valence-corrected chi connectivity index (χ3v) is 5.97. The van der Waals surface area contributed by atoms with E-state index in [4.69, 9.17) is 4.74 Å². The van der Waals surface area contributed by atoms with E-state index < -0.39 is 0 Å². The summed E-state index contributed by atoms with van der Waals surface area (Å²) in [6.45, 7) is 3.18. The lowest BCUT2D eigenvalue weighted by Gasteiger charge is -2.38. The van der Waals surface area contributed by atoms with Crippen LogP contribution in [0.5, 0.6) is 5.75 Å². The molecule has 4 heterocycles. The van der Waals surface area contributed by atoms with Crippen molar-refractivity contribution in [1.29, 1.82) is 0 Å². The summed E-state index contributed by atoms with van der Waals surface area (Å²) in [5, 5.41) is 0. The molecule has 2 aliphatic heterocycles. The van der Waals surface area contributed by atoms with Gasteiger partial charge < -0.3 is 14.2 Å². The number of benzene rings is 1. The number of amides is 1. The van der Waals surface area contributed by atoms with Crippen LogP contribution < -0.4 is 4.74 Å². The molecule has 29 heavy (non-hydrogen) atoms. The van der Waals surface area contributed by atoms with E-state index in [1.165, 1.54) is 5.56 Å². The molecule has 2 aliphatic rings. The Morgan fingerprint density at radius 2 is 1.83 bits per heavy atom. The Kier molecular flexibility index (Phi) is 4.56. The number of hydrogen-bond donors (Lipinski definition) is 0. The number of ether oxygens (including phenoxy) is 1. The molecule has 0 aliphatic carbocycles. The predicted octanol–water partition coefficient (Wildman–Crippen LogP) is 2.97. The van der Waals surface area contributed by atoms with Gasteiger partial charge in [0.2, 0.25) is 0 Å². The van der Waals surface area contributed by atoms with Crippen LogP contribution in [-0.2, 0) is 13.1 Å². The van der Waals surface area contributed by atoms with Gasteiger partial charge in [-0.25, -0.2) is 0 Å². The molecule has 2 aromatic heterocycles. The lowest BCUT2D eigenvalue weighted by molar-refractivity contribution is 0.0553. The molecule has 0 radical (unpaired) electrons. The zero-order chi connectivity index (χ0) is 19.8. The molecule has 0 saturated carbocycles. The van der Waals surface area contributed by atoms with E-state index in [9.17, 15) is 4.79 Å².